The highest BCUT2D eigenvalue weighted by Gasteiger charge is 2.23. The Morgan fingerprint density at radius 2 is 2.12 bits per heavy atom. The van der Waals surface area contributed by atoms with E-state index in [0.29, 0.717) is 13.2 Å². The number of carbonyl (C=O) groups excluding carboxylic acids is 1. The molecule has 6 heteroatoms. The van der Waals surface area contributed by atoms with Crippen molar-refractivity contribution in [1.29, 1.82) is 0 Å². The molecule has 0 aliphatic carbocycles. The lowest BCUT2D eigenvalue weighted by atomic mass is 9.96. The summed E-state index contributed by atoms with van der Waals surface area (Å²) in [6, 6.07) is 10.0. The van der Waals surface area contributed by atoms with Crippen molar-refractivity contribution in [2.24, 2.45) is 5.92 Å². The summed E-state index contributed by atoms with van der Waals surface area (Å²) in [5, 5.41) is 2.77. The van der Waals surface area contributed by atoms with E-state index in [1.54, 1.807) is 13.2 Å². The summed E-state index contributed by atoms with van der Waals surface area (Å²) in [7, 11) is 3.02. The first-order chi connectivity index (χ1) is 12.1. The molecule has 0 saturated heterocycles. The molecular formula is C19H20FNO4. The van der Waals surface area contributed by atoms with Gasteiger partial charge in [0.25, 0.3) is 5.91 Å². The van der Waals surface area contributed by atoms with Gasteiger partial charge in [0.1, 0.15) is 28.6 Å². The van der Waals surface area contributed by atoms with Gasteiger partial charge in [-0.2, -0.15) is 0 Å². The lowest BCUT2D eigenvalue weighted by molar-refractivity contribution is 0.0931. The van der Waals surface area contributed by atoms with Crippen LogP contribution in [0.15, 0.2) is 36.4 Å². The molecule has 5 nitrogen and oxygen atoms in total. The van der Waals surface area contributed by atoms with E-state index < -0.39 is 11.7 Å². The van der Waals surface area contributed by atoms with Crippen molar-refractivity contribution in [2.45, 2.75) is 6.42 Å². The summed E-state index contributed by atoms with van der Waals surface area (Å²) in [5.74, 6) is 0.789. The average molecular weight is 345 g/mol. The van der Waals surface area contributed by atoms with Gasteiger partial charge in [-0.05, 0) is 30.2 Å². The van der Waals surface area contributed by atoms with Crippen LogP contribution in [-0.4, -0.2) is 33.3 Å². The van der Waals surface area contributed by atoms with Crippen LogP contribution in [0.5, 0.6) is 17.2 Å². The normalized spacial score (nSPS) is 15.7. The Hall–Kier alpha value is -2.76. The minimum absolute atomic E-state index is 0.0770. The minimum atomic E-state index is -0.603. The number of carbonyl (C=O) groups is 1. The number of hydrogen-bond donors (Lipinski definition) is 1. The third-order valence-corrected chi connectivity index (χ3v) is 4.23. The van der Waals surface area contributed by atoms with E-state index in [1.165, 1.54) is 19.2 Å². The van der Waals surface area contributed by atoms with Crippen molar-refractivity contribution in [3.05, 3.63) is 53.3 Å². The molecule has 25 heavy (non-hydrogen) atoms. The molecule has 1 amide bonds. The van der Waals surface area contributed by atoms with Crippen LogP contribution in [0, 0.1) is 11.7 Å². The molecular weight excluding hydrogens is 325 g/mol. The second kappa shape index (κ2) is 7.42. The van der Waals surface area contributed by atoms with Crippen LogP contribution in [-0.2, 0) is 6.42 Å². The van der Waals surface area contributed by atoms with Crippen molar-refractivity contribution in [1.82, 2.24) is 5.32 Å². The van der Waals surface area contributed by atoms with Crippen LogP contribution in [0.2, 0.25) is 0 Å². The number of methoxy groups -OCH3 is 2. The van der Waals surface area contributed by atoms with Crippen LogP contribution in [0.4, 0.5) is 4.39 Å². The molecule has 1 aliphatic rings. The standard InChI is InChI=1S/C19H20FNO4/c1-23-14-7-6-13-8-12(11-25-17(13)9-14)10-21-19(22)18-15(20)4-3-5-16(18)24-2/h3-7,9,12H,8,10-11H2,1-2H3,(H,21,22)/t12-/m0/s1. The summed E-state index contributed by atoms with van der Waals surface area (Å²) in [4.78, 5) is 12.3. The maximum Gasteiger partial charge on any atom is 0.258 e. The number of rotatable bonds is 5. The minimum Gasteiger partial charge on any atom is -0.497 e. The SMILES string of the molecule is COc1ccc2c(c1)OC[C@H](CNC(=O)c1c(F)cccc1OC)C2. The maximum atomic E-state index is 13.9. The first-order valence-corrected chi connectivity index (χ1v) is 8.02. The molecule has 1 N–H and O–H groups in total. The third-order valence-electron chi connectivity index (χ3n) is 4.23. The van der Waals surface area contributed by atoms with Gasteiger partial charge >= 0.3 is 0 Å². The molecule has 132 valence electrons. The molecule has 0 spiro atoms. The number of amides is 1. The van der Waals surface area contributed by atoms with Gasteiger partial charge in [-0.25, -0.2) is 4.39 Å². The monoisotopic (exact) mass is 345 g/mol. The highest BCUT2D eigenvalue weighted by Crippen LogP contribution is 2.31. The summed E-state index contributed by atoms with van der Waals surface area (Å²) >= 11 is 0. The summed E-state index contributed by atoms with van der Waals surface area (Å²) in [5.41, 5.74) is 0.988. The van der Waals surface area contributed by atoms with Crippen molar-refractivity contribution in [3.63, 3.8) is 0 Å². The van der Waals surface area contributed by atoms with Gasteiger partial charge in [0, 0.05) is 18.5 Å². The first-order valence-electron chi connectivity index (χ1n) is 8.02. The van der Waals surface area contributed by atoms with Crippen molar-refractivity contribution in [3.8, 4) is 17.2 Å². The Morgan fingerprint density at radius 3 is 2.88 bits per heavy atom. The lowest BCUT2D eigenvalue weighted by Crippen LogP contribution is -2.35. The number of benzene rings is 2. The fraction of sp³-hybridized carbons (Fsp3) is 0.316. The van der Waals surface area contributed by atoms with E-state index in [4.69, 9.17) is 14.2 Å². The molecule has 0 unspecified atom stereocenters. The molecule has 0 fully saturated rings. The van der Waals surface area contributed by atoms with Crippen LogP contribution < -0.4 is 19.5 Å². The van der Waals surface area contributed by atoms with Gasteiger partial charge in [-0.3, -0.25) is 4.79 Å². The fourth-order valence-electron chi connectivity index (χ4n) is 2.89. The Labute approximate surface area is 145 Å². The molecule has 1 aliphatic heterocycles. The van der Waals surface area contributed by atoms with Gasteiger partial charge < -0.3 is 19.5 Å². The van der Waals surface area contributed by atoms with Gasteiger partial charge in [0.05, 0.1) is 20.8 Å². The Kier molecular flexibility index (Phi) is 5.07. The zero-order valence-corrected chi connectivity index (χ0v) is 14.2. The second-order valence-electron chi connectivity index (χ2n) is 5.88. The number of halogens is 1. The molecule has 1 atom stereocenters. The molecule has 3 rings (SSSR count). The predicted octanol–water partition coefficient (Wildman–Crippen LogP) is 2.82. The predicted molar refractivity (Wildman–Crippen MR) is 91.0 cm³/mol. The van der Waals surface area contributed by atoms with Crippen LogP contribution >= 0.6 is 0 Å². The van der Waals surface area contributed by atoms with Crippen molar-refractivity contribution < 1.29 is 23.4 Å². The average Bonchev–Trinajstić information content (AvgIpc) is 2.65. The van der Waals surface area contributed by atoms with Crippen molar-refractivity contribution >= 4 is 5.91 Å². The molecule has 0 aromatic heterocycles. The van der Waals surface area contributed by atoms with E-state index in [9.17, 15) is 9.18 Å². The largest absolute Gasteiger partial charge is 0.497 e. The first kappa shape index (κ1) is 17.1. The van der Waals surface area contributed by atoms with E-state index in [2.05, 4.69) is 5.32 Å². The van der Waals surface area contributed by atoms with Gasteiger partial charge in [-0.1, -0.05) is 12.1 Å². The van der Waals surface area contributed by atoms with Crippen molar-refractivity contribution in [2.75, 3.05) is 27.4 Å². The highest BCUT2D eigenvalue weighted by molar-refractivity contribution is 5.97. The Bertz CT molecular complexity index is 778. The lowest BCUT2D eigenvalue weighted by Gasteiger charge is -2.26. The topological polar surface area (TPSA) is 56.8 Å². The van der Waals surface area contributed by atoms with Gasteiger partial charge in [0.15, 0.2) is 0 Å². The number of hydrogen-bond acceptors (Lipinski definition) is 4. The maximum absolute atomic E-state index is 13.9. The molecule has 0 bridgehead atoms. The third kappa shape index (κ3) is 3.68. The molecule has 2 aromatic carbocycles. The molecule has 0 saturated carbocycles. The Morgan fingerprint density at radius 1 is 1.28 bits per heavy atom. The van der Waals surface area contributed by atoms with E-state index in [0.717, 1.165) is 23.5 Å². The van der Waals surface area contributed by atoms with E-state index >= 15 is 0 Å². The van der Waals surface area contributed by atoms with Gasteiger partial charge in [0.2, 0.25) is 0 Å². The second-order valence-corrected chi connectivity index (χ2v) is 5.88. The fourth-order valence-corrected chi connectivity index (χ4v) is 2.89. The van der Waals surface area contributed by atoms with Gasteiger partial charge in [-0.15, -0.1) is 0 Å². The summed E-state index contributed by atoms with van der Waals surface area (Å²) in [6.45, 7) is 0.872. The van der Waals surface area contributed by atoms with E-state index in [1.807, 2.05) is 18.2 Å². The molecule has 0 radical (unpaired) electrons. The molecule has 1 heterocycles. The molecule has 2 aromatic rings. The van der Waals surface area contributed by atoms with E-state index in [-0.39, 0.29) is 17.2 Å². The van der Waals surface area contributed by atoms with Crippen LogP contribution in [0.1, 0.15) is 15.9 Å². The number of nitrogens with one attached hydrogen (secondary N) is 1. The summed E-state index contributed by atoms with van der Waals surface area (Å²) < 4.78 is 30.0. The Balaban J connectivity index is 1.64. The number of fused-ring (bicyclic) bond motifs is 1. The zero-order chi connectivity index (χ0) is 17.8. The van der Waals surface area contributed by atoms with Crippen LogP contribution in [0.25, 0.3) is 0 Å². The highest BCUT2D eigenvalue weighted by atomic mass is 19.1. The zero-order valence-electron chi connectivity index (χ0n) is 14.2. The number of ether oxygens (including phenoxy) is 3. The van der Waals surface area contributed by atoms with Crippen LogP contribution in [0.3, 0.4) is 0 Å². The quantitative estimate of drug-likeness (QED) is 0.905. The smallest absolute Gasteiger partial charge is 0.258 e. The summed E-state index contributed by atoms with van der Waals surface area (Å²) in [6.07, 6.45) is 0.772.